The Labute approximate surface area is 121 Å². The van der Waals surface area contributed by atoms with Gasteiger partial charge in [-0.1, -0.05) is 37.8 Å². The Morgan fingerprint density at radius 3 is 2.74 bits per heavy atom. The molecule has 0 amide bonds. The van der Waals surface area contributed by atoms with Crippen LogP contribution in [0.1, 0.15) is 46.0 Å². The first kappa shape index (κ1) is 14.5. The first-order valence-electron chi connectivity index (χ1n) is 7.43. The first-order chi connectivity index (χ1) is 9.24. The van der Waals surface area contributed by atoms with Crippen LogP contribution < -0.4 is 10.1 Å². The summed E-state index contributed by atoms with van der Waals surface area (Å²) in [5.41, 5.74) is 1.11. The van der Waals surface area contributed by atoms with E-state index in [0.29, 0.717) is 17.7 Å². The van der Waals surface area contributed by atoms with Gasteiger partial charge in [-0.15, -0.1) is 0 Å². The predicted molar refractivity (Wildman–Crippen MR) is 82.3 cm³/mol. The van der Waals surface area contributed by atoms with E-state index in [-0.39, 0.29) is 0 Å². The van der Waals surface area contributed by atoms with Crippen molar-refractivity contribution in [1.29, 1.82) is 0 Å². The summed E-state index contributed by atoms with van der Waals surface area (Å²) in [6, 6.07) is 6.59. The molecule has 0 heterocycles. The second kappa shape index (κ2) is 7.04. The third-order valence-corrected chi connectivity index (χ3v) is 4.31. The van der Waals surface area contributed by atoms with Gasteiger partial charge in [0.15, 0.2) is 0 Å². The Hall–Kier alpha value is -0.890. The summed E-state index contributed by atoms with van der Waals surface area (Å²) in [5, 5.41) is 4.34. The highest BCUT2D eigenvalue weighted by Gasteiger charge is 2.23. The minimum Gasteiger partial charge on any atom is -0.492 e. The van der Waals surface area contributed by atoms with Crippen molar-refractivity contribution in [3.63, 3.8) is 0 Å². The van der Waals surface area contributed by atoms with Crippen LogP contribution in [0.25, 0.3) is 0 Å². The molecule has 2 unspecified atom stereocenters. The molecule has 19 heavy (non-hydrogen) atoms. The monoisotopic (exact) mass is 281 g/mol. The molecule has 106 valence electrons. The van der Waals surface area contributed by atoms with Crippen molar-refractivity contribution < 1.29 is 4.74 Å². The van der Waals surface area contributed by atoms with Gasteiger partial charge in [0.05, 0.1) is 11.6 Å². The molecule has 3 heteroatoms. The number of hydrogen-bond donors (Lipinski definition) is 1. The number of rotatable bonds is 5. The van der Waals surface area contributed by atoms with Gasteiger partial charge in [0.2, 0.25) is 0 Å². The normalized spacial score (nSPS) is 23.1. The van der Waals surface area contributed by atoms with Crippen molar-refractivity contribution in [1.82, 2.24) is 0 Å². The van der Waals surface area contributed by atoms with E-state index in [1.54, 1.807) is 0 Å². The van der Waals surface area contributed by atoms with Crippen molar-refractivity contribution >= 4 is 17.3 Å². The van der Waals surface area contributed by atoms with Crippen LogP contribution in [0.4, 0.5) is 5.69 Å². The van der Waals surface area contributed by atoms with E-state index >= 15 is 0 Å². The largest absolute Gasteiger partial charge is 0.492 e. The molecule has 0 radical (unpaired) electrons. The fourth-order valence-electron chi connectivity index (χ4n) is 2.96. The van der Waals surface area contributed by atoms with Gasteiger partial charge < -0.3 is 10.1 Å². The summed E-state index contributed by atoms with van der Waals surface area (Å²) < 4.78 is 5.46. The van der Waals surface area contributed by atoms with Crippen molar-refractivity contribution in [2.45, 2.75) is 52.0 Å². The lowest BCUT2D eigenvalue weighted by Gasteiger charge is -2.32. The summed E-state index contributed by atoms with van der Waals surface area (Å²) in [7, 11) is 0. The van der Waals surface area contributed by atoms with E-state index < -0.39 is 0 Å². The SMILES string of the molecule is CCOc1ccc(NC2CCCCC2CC)cc1Cl. The summed E-state index contributed by atoms with van der Waals surface area (Å²) in [6.07, 6.45) is 6.57. The molecule has 2 nitrogen and oxygen atoms in total. The minimum absolute atomic E-state index is 0.591. The van der Waals surface area contributed by atoms with E-state index in [0.717, 1.165) is 17.4 Å². The van der Waals surface area contributed by atoms with E-state index in [4.69, 9.17) is 16.3 Å². The zero-order valence-electron chi connectivity index (χ0n) is 11.9. The lowest BCUT2D eigenvalue weighted by Crippen LogP contribution is -2.31. The average Bonchev–Trinajstić information content (AvgIpc) is 2.43. The second-order valence-corrected chi connectivity index (χ2v) is 5.69. The molecular formula is C16H24ClNO. The first-order valence-corrected chi connectivity index (χ1v) is 7.81. The van der Waals surface area contributed by atoms with Gasteiger partial charge in [-0.3, -0.25) is 0 Å². The maximum atomic E-state index is 6.23. The number of benzene rings is 1. The van der Waals surface area contributed by atoms with Crippen molar-refractivity contribution in [2.24, 2.45) is 5.92 Å². The minimum atomic E-state index is 0.591. The van der Waals surface area contributed by atoms with Crippen LogP contribution in [0.3, 0.4) is 0 Å². The van der Waals surface area contributed by atoms with Crippen LogP contribution in [0.5, 0.6) is 5.75 Å². The van der Waals surface area contributed by atoms with Crippen molar-refractivity contribution in [2.75, 3.05) is 11.9 Å². The van der Waals surface area contributed by atoms with Crippen LogP contribution in [0.2, 0.25) is 5.02 Å². The van der Waals surface area contributed by atoms with Gasteiger partial charge in [0, 0.05) is 11.7 Å². The Balaban J connectivity index is 2.03. The summed E-state index contributed by atoms with van der Waals surface area (Å²) in [4.78, 5) is 0. The quantitative estimate of drug-likeness (QED) is 0.809. The zero-order chi connectivity index (χ0) is 13.7. The van der Waals surface area contributed by atoms with Gasteiger partial charge in [0.25, 0.3) is 0 Å². The molecule has 0 saturated heterocycles. The molecule has 1 aliphatic rings. The van der Waals surface area contributed by atoms with E-state index in [2.05, 4.69) is 18.3 Å². The standard InChI is InChI=1S/C16H24ClNO/c1-3-12-7-5-6-8-15(12)18-13-9-10-16(19-4-2)14(17)11-13/h9-12,15,18H,3-8H2,1-2H3. The van der Waals surface area contributed by atoms with Gasteiger partial charge in [-0.05, 0) is 43.9 Å². The lowest BCUT2D eigenvalue weighted by molar-refractivity contribution is 0.317. The summed E-state index contributed by atoms with van der Waals surface area (Å²) >= 11 is 6.23. The lowest BCUT2D eigenvalue weighted by atomic mass is 9.83. The van der Waals surface area contributed by atoms with Crippen LogP contribution in [0, 0.1) is 5.92 Å². The molecule has 0 aliphatic heterocycles. The highest BCUT2D eigenvalue weighted by Crippen LogP contribution is 2.32. The highest BCUT2D eigenvalue weighted by atomic mass is 35.5. The zero-order valence-corrected chi connectivity index (χ0v) is 12.7. The second-order valence-electron chi connectivity index (χ2n) is 5.28. The van der Waals surface area contributed by atoms with E-state index in [1.165, 1.54) is 32.1 Å². The van der Waals surface area contributed by atoms with Crippen LogP contribution in [-0.4, -0.2) is 12.6 Å². The molecule has 2 rings (SSSR count). The molecule has 1 aliphatic carbocycles. The van der Waals surface area contributed by atoms with Gasteiger partial charge in [-0.2, -0.15) is 0 Å². The summed E-state index contributed by atoms with van der Waals surface area (Å²) in [5.74, 6) is 1.56. The third-order valence-electron chi connectivity index (χ3n) is 4.02. The third kappa shape index (κ3) is 3.79. The smallest absolute Gasteiger partial charge is 0.138 e. The number of hydrogen-bond acceptors (Lipinski definition) is 2. The van der Waals surface area contributed by atoms with E-state index in [9.17, 15) is 0 Å². The molecule has 1 aromatic carbocycles. The number of ether oxygens (including phenoxy) is 1. The van der Waals surface area contributed by atoms with Gasteiger partial charge >= 0.3 is 0 Å². The Morgan fingerprint density at radius 1 is 1.26 bits per heavy atom. The molecule has 0 aromatic heterocycles. The Morgan fingerprint density at radius 2 is 2.05 bits per heavy atom. The predicted octanol–water partition coefficient (Wildman–Crippen LogP) is 5.12. The van der Waals surface area contributed by atoms with Crippen LogP contribution in [0.15, 0.2) is 18.2 Å². The van der Waals surface area contributed by atoms with Gasteiger partial charge in [-0.25, -0.2) is 0 Å². The topological polar surface area (TPSA) is 21.3 Å². The molecule has 0 spiro atoms. The Kier molecular flexibility index (Phi) is 5.38. The summed E-state index contributed by atoms with van der Waals surface area (Å²) in [6.45, 7) is 4.90. The number of nitrogens with one attached hydrogen (secondary N) is 1. The van der Waals surface area contributed by atoms with Crippen molar-refractivity contribution in [3.05, 3.63) is 23.2 Å². The Bertz CT molecular complexity index is 408. The maximum absolute atomic E-state index is 6.23. The van der Waals surface area contributed by atoms with E-state index in [1.807, 2.05) is 19.1 Å². The van der Waals surface area contributed by atoms with Gasteiger partial charge in [0.1, 0.15) is 5.75 Å². The number of halogens is 1. The highest BCUT2D eigenvalue weighted by molar-refractivity contribution is 6.32. The van der Waals surface area contributed by atoms with Crippen molar-refractivity contribution in [3.8, 4) is 5.75 Å². The molecule has 1 N–H and O–H groups in total. The molecule has 1 fully saturated rings. The fraction of sp³-hybridized carbons (Fsp3) is 0.625. The fourth-order valence-corrected chi connectivity index (χ4v) is 3.20. The van der Waals surface area contributed by atoms with Crippen LogP contribution in [-0.2, 0) is 0 Å². The van der Waals surface area contributed by atoms with Crippen LogP contribution >= 0.6 is 11.6 Å². The molecule has 1 aromatic rings. The molecule has 2 atom stereocenters. The molecule has 1 saturated carbocycles. The number of anilines is 1. The maximum Gasteiger partial charge on any atom is 0.138 e. The molecular weight excluding hydrogens is 258 g/mol. The molecule has 0 bridgehead atoms. The average molecular weight is 282 g/mol.